The molecule has 1 aliphatic rings. The summed E-state index contributed by atoms with van der Waals surface area (Å²) in [6.45, 7) is 7.43. The highest BCUT2D eigenvalue weighted by molar-refractivity contribution is 4.86. The van der Waals surface area contributed by atoms with Gasteiger partial charge in [-0.05, 0) is 51.1 Å². The maximum absolute atomic E-state index is 8.80. The summed E-state index contributed by atoms with van der Waals surface area (Å²) in [4.78, 5) is 2.66. The topological polar surface area (TPSA) is 23.5 Å². The van der Waals surface area contributed by atoms with Gasteiger partial charge in [0, 0.05) is 12.6 Å². The van der Waals surface area contributed by atoms with Gasteiger partial charge in [0.15, 0.2) is 0 Å². The molecule has 0 aromatic heterocycles. The van der Waals surface area contributed by atoms with Crippen LogP contribution in [0.15, 0.2) is 0 Å². The van der Waals surface area contributed by atoms with E-state index < -0.39 is 0 Å². The van der Waals surface area contributed by atoms with Gasteiger partial charge in [-0.1, -0.05) is 20.3 Å². The van der Waals surface area contributed by atoms with Crippen LogP contribution < -0.4 is 0 Å². The first-order chi connectivity index (χ1) is 7.29. The van der Waals surface area contributed by atoms with Crippen molar-refractivity contribution < 1.29 is 5.11 Å². The summed E-state index contributed by atoms with van der Waals surface area (Å²) in [7, 11) is 0. The van der Waals surface area contributed by atoms with E-state index in [9.17, 15) is 0 Å². The van der Waals surface area contributed by atoms with Crippen LogP contribution in [0.1, 0.15) is 52.4 Å². The van der Waals surface area contributed by atoms with Crippen LogP contribution in [0.2, 0.25) is 0 Å². The lowest BCUT2D eigenvalue weighted by molar-refractivity contribution is 0.0678. The second kappa shape index (κ2) is 7.24. The van der Waals surface area contributed by atoms with Crippen LogP contribution in [-0.4, -0.2) is 35.7 Å². The van der Waals surface area contributed by atoms with E-state index in [1.54, 1.807) is 0 Å². The summed E-state index contributed by atoms with van der Waals surface area (Å²) in [5.41, 5.74) is 0. The van der Waals surface area contributed by atoms with Crippen LogP contribution >= 0.6 is 0 Å². The van der Waals surface area contributed by atoms with E-state index >= 15 is 0 Å². The van der Waals surface area contributed by atoms with Crippen LogP contribution in [0.25, 0.3) is 0 Å². The second-order valence-electron chi connectivity index (χ2n) is 4.94. The molecular formula is C13H27NO. The molecule has 2 heteroatoms. The van der Waals surface area contributed by atoms with Crippen molar-refractivity contribution in [2.45, 2.75) is 58.4 Å². The molecule has 0 heterocycles. The molecule has 0 amide bonds. The van der Waals surface area contributed by atoms with Crippen molar-refractivity contribution in [2.75, 3.05) is 19.7 Å². The molecule has 2 nitrogen and oxygen atoms in total. The summed E-state index contributed by atoms with van der Waals surface area (Å²) >= 11 is 0. The molecule has 1 fully saturated rings. The molecular weight excluding hydrogens is 186 g/mol. The Morgan fingerprint density at radius 1 is 1.13 bits per heavy atom. The van der Waals surface area contributed by atoms with Gasteiger partial charge in [-0.2, -0.15) is 0 Å². The van der Waals surface area contributed by atoms with E-state index in [1.165, 1.54) is 38.8 Å². The van der Waals surface area contributed by atoms with Gasteiger partial charge in [0.1, 0.15) is 0 Å². The zero-order valence-electron chi connectivity index (χ0n) is 10.4. The van der Waals surface area contributed by atoms with Crippen molar-refractivity contribution in [3.63, 3.8) is 0 Å². The van der Waals surface area contributed by atoms with Crippen LogP contribution in [0.3, 0.4) is 0 Å². The van der Waals surface area contributed by atoms with Gasteiger partial charge in [-0.15, -0.1) is 0 Å². The molecule has 0 radical (unpaired) electrons. The number of hydrogen-bond donors (Lipinski definition) is 1. The summed E-state index contributed by atoms with van der Waals surface area (Å²) in [6, 6.07) is 0.843. The number of nitrogens with zero attached hydrogens (tertiary/aromatic N) is 1. The standard InChI is InChI=1S/C13H27NO/c1-3-4-9-14(10-5-6-11-15)13-8-7-12(13)2/h12-13,15H,3-11H2,1-2H3. The second-order valence-corrected chi connectivity index (χ2v) is 4.94. The van der Waals surface area contributed by atoms with Gasteiger partial charge < -0.3 is 10.0 Å². The first-order valence-electron chi connectivity index (χ1n) is 6.64. The maximum atomic E-state index is 8.80. The SMILES string of the molecule is CCCCN(CCCCO)C1CCC1C. The Balaban J connectivity index is 2.24. The molecule has 15 heavy (non-hydrogen) atoms. The van der Waals surface area contributed by atoms with E-state index in [0.717, 1.165) is 24.8 Å². The Hall–Kier alpha value is -0.0800. The minimum Gasteiger partial charge on any atom is -0.396 e. The lowest BCUT2D eigenvalue weighted by Crippen LogP contribution is -2.46. The molecule has 1 saturated carbocycles. The average molecular weight is 213 g/mol. The third-order valence-corrected chi connectivity index (χ3v) is 3.70. The molecule has 1 N–H and O–H groups in total. The highest BCUT2D eigenvalue weighted by atomic mass is 16.2. The first-order valence-corrected chi connectivity index (χ1v) is 6.64. The van der Waals surface area contributed by atoms with E-state index in [1.807, 2.05) is 0 Å². The molecule has 2 atom stereocenters. The fraction of sp³-hybridized carbons (Fsp3) is 1.00. The molecule has 0 aliphatic heterocycles. The largest absolute Gasteiger partial charge is 0.396 e. The van der Waals surface area contributed by atoms with E-state index in [2.05, 4.69) is 18.7 Å². The monoisotopic (exact) mass is 213 g/mol. The number of rotatable bonds is 8. The Bertz CT molecular complexity index is 161. The van der Waals surface area contributed by atoms with Gasteiger partial charge in [0.2, 0.25) is 0 Å². The normalized spacial score (nSPS) is 25.6. The van der Waals surface area contributed by atoms with Crippen molar-refractivity contribution in [1.29, 1.82) is 0 Å². The van der Waals surface area contributed by atoms with E-state index in [0.29, 0.717) is 6.61 Å². The average Bonchev–Trinajstić information content (AvgIpc) is 2.23. The zero-order valence-corrected chi connectivity index (χ0v) is 10.4. The lowest BCUT2D eigenvalue weighted by Gasteiger charge is -2.43. The molecule has 0 bridgehead atoms. The Morgan fingerprint density at radius 3 is 2.33 bits per heavy atom. The highest BCUT2D eigenvalue weighted by Gasteiger charge is 2.31. The molecule has 0 aromatic carbocycles. The zero-order chi connectivity index (χ0) is 11.1. The van der Waals surface area contributed by atoms with Gasteiger partial charge >= 0.3 is 0 Å². The summed E-state index contributed by atoms with van der Waals surface area (Å²) < 4.78 is 0. The minimum atomic E-state index is 0.349. The fourth-order valence-corrected chi connectivity index (χ4v) is 2.42. The minimum absolute atomic E-state index is 0.349. The Labute approximate surface area is 94.7 Å². The molecule has 1 aliphatic carbocycles. The highest BCUT2D eigenvalue weighted by Crippen LogP contribution is 2.31. The molecule has 0 spiro atoms. The predicted octanol–water partition coefficient (Wildman–Crippen LogP) is 2.66. The molecule has 0 saturated heterocycles. The number of aliphatic hydroxyl groups excluding tert-OH is 1. The molecule has 2 unspecified atom stereocenters. The van der Waals surface area contributed by atoms with Gasteiger partial charge in [0.05, 0.1) is 0 Å². The number of unbranched alkanes of at least 4 members (excludes halogenated alkanes) is 2. The summed E-state index contributed by atoms with van der Waals surface area (Å²) in [5, 5.41) is 8.80. The first kappa shape index (κ1) is 13.0. The van der Waals surface area contributed by atoms with Crippen LogP contribution in [0.4, 0.5) is 0 Å². The fourth-order valence-electron chi connectivity index (χ4n) is 2.42. The van der Waals surface area contributed by atoms with Crippen LogP contribution in [0, 0.1) is 5.92 Å². The number of aliphatic hydroxyl groups is 1. The van der Waals surface area contributed by atoms with Gasteiger partial charge in [0.25, 0.3) is 0 Å². The van der Waals surface area contributed by atoms with Crippen molar-refractivity contribution in [3.05, 3.63) is 0 Å². The summed E-state index contributed by atoms with van der Waals surface area (Å²) in [6.07, 6.45) is 7.53. The smallest absolute Gasteiger partial charge is 0.0431 e. The van der Waals surface area contributed by atoms with Gasteiger partial charge in [-0.25, -0.2) is 0 Å². The van der Waals surface area contributed by atoms with E-state index in [4.69, 9.17) is 5.11 Å². The van der Waals surface area contributed by atoms with Crippen LogP contribution in [0.5, 0.6) is 0 Å². The van der Waals surface area contributed by atoms with Gasteiger partial charge in [-0.3, -0.25) is 0 Å². The van der Waals surface area contributed by atoms with Crippen molar-refractivity contribution in [1.82, 2.24) is 4.90 Å². The third-order valence-electron chi connectivity index (χ3n) is 3.70. The Kier molecular flexibility index (Phi) is 6.26. The lowest BCUT2D eigenvalue weighted by atomic mass is 9.80. The Morgan fingerprint density at radius 2 is 1.87 bits per heavy atom. The summed E-state index contributed by atoms with van der Waals surface area (Å²) in [5.74, 6) is 0.899. The molecule has 90 valence electrons. The number of hydrogen-bond acceptors (Lipinski definition) is 2. The van der Waals surface area contributed by atoms with Crippen molar-refractivity contribution >= 4 is 0 Å². The van der Waals surface area contributed by atoms with E-state index in [-0.39, 0.29) is 0 Å². The quantitative estimate of drug-likeness (QED) is 0.627. The third kappa shape index (κ3) is 4.12. The molecule has 1 rings (SSSR count). The van der Waals surface area contributed by atoms with Crippen molar-refractivity contribution in [3.8, 4) is 0 Å². The predicted molar refractivity (Wildman–Crippen MR) is 65.0 cm³/mol. The van der Waals surface area contributed by atoms with Crippen molar-refractivity contribution in [2.24, 2.45) is 5.92 Å². The van der Waals surface area contributed by atoms with Crippen LogP contribution in [-0.2, 0) is 0 Å². The molecule has 0 aromatic rings. The maximum Gasteiger partial charge on any atom is 0.0431 e.